The van der Waals surface area contributed by atoms with Crippen LogP contribution in [0.25, 0.3) is 0 Å². The third kappa shape index (κ3) is 6.69. The number of rotatable bonds is 6. The second-order valence-electron chi connectivity index (χ2n) is 5.76. The first kappa shape index (κ1) is 19.8. The molecule has 0 unspecified atom stereocenters. The minimum Gasteiger partial charge on any atom is -0.324 e. The van der Waals surface area contributed by atoms with Gasteiger partial charge in [-0.05, 0) is 43.2 Å². The lowest BCUT2D eigenvalue weighted by Crippen LogP contribution is -2.33. The molecular formula is C19H21N5O3. The summed E-state index contributed by atoms with van der Waals surface area (Å²) in [6, 6.07) is 10.6. The van der Waals surface area contributed by atoms with Gasteiger partial charge in [-0.2, -0.15) is 5.10 Å². The van der Waals surface area contributed by atoms with E-state index in [2.05, 4.69) is 26.1 Å². The van der Waals surface area contributed by atoms with Crippen molar-refractivity contribution in [1.82, 2.24) is 10.4 Å². The molecule has 0 radical (unpaired) electrons. The molecule has 1 heterocycles. The van der Waals surface area contributed by atoms with E-state index in [0.29, 0.717) is 17.1 Å². The number of carbonyl (C=O) groups excluding carboxylic acids is 3. The van der Waals surface area contributed by atoms with E-state index in [-0.39, 0.29) is 12.3 Å². The largest absolute Gasteiger partial charge is 0.329 e. The fourth-order valence-corrected chi connectivity index (χ4v) is 2.12. The lowest BCUT2D eigenvalue weighted by Gasteiger charge is -2.06. The monoisotopic (exact) mass is 367 g/mol. The van der Waals surface area contributed by atoms with Gasteiger partial charge in [0.05, 0.1) is 18.3 Å². The number of nitrogens with one attached hydrogen (secondary N) is 3. The van der Waals surface area contributed by atoms with Gasteiger partial charge in [0.25, 0.3) is 0 Å². The second kappa shape index (κ2) is 9.81. The molecule has 8 heteroatoms. The predicted octanol–water partition coefficient (Wildman–Crippen LogP) is 2.10. The molecule has 3 amide bonds. The van der Waals surface area contributed by atoms with Crippen molar-refractivity contribution < 1.29 is 14.4 Å². The van der Waals surface area contributed by atoms with Crippen LogP contribution in [0.3, 0.4) is 0 Å². The van der Waals surface area contributed by atoms with E-state index in [1.165, 1.54) is 6.20 Å². The smallest absolute Gasteiger partial charge is 0.324 e. The van der Waals surface area contributed by atoms with Crippen LogP contribution >= 0.6 is 0 Å². The molecule has 8 nitrogen and oxygen atoms in total. The summed E-state index contributed by atoms with van der Waals surface area (Å²) in [5.74, 6) is -2.06. The number of aromatic nitrogens is 1. The SMILES string of the molecule is CCc1ccc(NC(=O)C(=O)N/N=C(/C)CC(=O)Nc2cccnc2)cc1. The Morgan fingerprint density at radius 3 is 2.37 bits per heavy atom. The van der Waals surface area contributed by atoms with Crippen LogP contribution in [-0.2, 0) is 20.8 Å². The molecule has 1 aromatic carbocycles. The Morgan fingerprint density at radius 1 is 1.00 bits per heavy atom. The van der Waals surface area contributed by atoms with Gasteiger partial charge >= 0.3 is 11.8 Å². The number of aryl methyl sites for hydroxylation is 1. The zero-order chi connectivity index (χ0) is 19.6. The molecule has 0 aliphatic rings. The van der Waals surface area contributed by atoms with Gasteiger partial charge in [-0.1, -0.05) is 19.1 Å². The number of hydrazone groups is 1. The molecule has 0 bridgehead atoms. The second-order valence-corrected chi connectivity index (χ2v) is 5.76. The van der Waals surface area contributed by atoms with Crippen molar-refractivity contribution in [2.45, 2.75) is 26.7 Å². The predicted molar refractivity (Wildman–Crippen MR) is 103 cm³/mol. The minimum atomic E-state index is -0.915. The molecule has 0 aliphatic heterocycles. The summed E-state index contributed by atoms with van der Waals surface area (Å²) in [5, 5.41) is 8.91. The molecule has 2 aromatic rings. The molecule has 27 heavy (non-hydrogen) atoms. The van der Waals surface area contributed by atoms with E-state index in [9.17, 15) is 14.4 Å². The molecule has 0 saturated carbocycles. The maximum absolute atomic E-state index is 11.9. The van der Waals surface area contributed by atoms with Crippen molar-refractivity contribution in [3.8, 4) is 0 Å². The Labute approximate surface area is 157 Å². The van der Waals surface area contributed by atoms with Crippen molar-refractivity contribution in [3.05, 3.63) is 54.4 Å². The van der Waals surface area contributed by atoms with Crippen LogP contribution in [0.5, 0.6) is 0 Å². The fraction of sp³-hybridized carbons (Fsp3) is 0.211. The van der Waals surface area contributed by atoms with E-state index in [0.717, 1.165) is 12.0 Å². The van der Waals surface area contributed by atoms with Crippen molar-refractivity contribution in [2.24, 2.45) is 5.10 Å². The number of hydrogen-bond donors (Lipinski definition) is 3. The summed E-state index contributed by atoms with van der Waals surface area (Å²) in [4.78, 5) is 39.5. The Bertz CT molecular complexity index is 832. The van der Waals surface area contributed by atoms with Gasteiger partial charge < -0.3 is 10.6 Å². The van der Waals surface area contributed by atoms with Gasteiger partial charge in [-0.15, -0.1) is 0 Å². The van der Waals surface area contributed by atoms with Gasteiger partial charge in [0, 0.05) is 17.6 Å². The van der Waals surface area contributed by atoms with Crippen LogP contribution in [-0.4, -0.2) is 28.4 Å². The number of benzene rings is 1. The first-order valence-electron chi connectivity index (χ1n) is 8.41. The summed E-state index contributed by atoms with van der Waals surface area (Å²) in [5.41, 5.74) is 4.70. The Hall–Kier alpha value is -3.55. The van der Waals surface area contributed by atoms with Crippen LogP contribution in [0.4, 0.5) is 11.4 Å². The molecular weight excluding hydrogens is 346 g/mol. The first-order valence-corrected chi connectivity index (χ1v) is 8.41. The fourth-order valence-electron chi connectivity index (χ4n) is 2.12. The van der Waals surface area contributed by atoms with Gasteiger partial charge in [-0.25, -0.2) is 5.43 Å². The summed E-state index contributed by atoms with van der Waals surface area (Å²) >= 11 is 0. The summed E-state index contributed by atoms with van der Waals surface area (Å²) < 4.78 is 0. The quantitative estimate of drug-likeness (QED) is 0.412. The highest BCUT2D eigenvalue weighted by Crippen LogP contribution is 2.09. The third-order valence-corrected chi connectivity index (χ3v) is 3.54. The zero-order valence-corrected chi connectivity index (χ0v) is 15.2. The van der Waals surface area contributed by atoms with Crippen LogP contribution in [0.1, 0.15) is 25.8 Å². The summed E-state index contributed by atoms with van der Waals surface area (Å²) in [6.07, 6.45) is 3.97. The standard InChI is InChI=1S/C19H21N5O3/c1-3-14-6-8-15(9-7-14)22-18(26)19(27)24-23-13(2)11-17(25)21-16-5-4-10-20-12-16/h4-10,12H,3,11H2,1-2H3,(H,21,25)(H,22,26)(H,24,27)/b23-13-. The highest BCUT2D eigenvalue weighted by atomic mass is 16.2. The molecule has 1 aromatic heterocycles. The van der Waals surface area contributed by atoms with Crippen LogP contribution in [0, 0.1) is 0 Å². The van der Waals surface area contributed by atoms with Gasteiger partial charge in [-0.3, -0.25) is 19.4 Å². The molecule has 0 spiro atoms. The topological polar surface area (TPSA) is 113 Å². The maximum Gasteiger partial charge on any atom is 0.329 e. The van der Waals surface area contributed by atoms with E-state index in [1.54, 1.807) is 37.4 Å². The molecule has 0 atom stereocenters. The molecule has 0 fully saturated rings. The van der Waals surface area contributed by atoms with E-state index in [1.807, 2.05) is 19.1 Å². The molecule has 0 aliphatic carbocycles. The highest BCUT2D eigenvalue weighted by Gasteiger charge is 2.13. The Balaban J connectivity index is 1.81. The number of amides is 3. The lowest BCUT2D eigenvalue weighted by atomic mass is 10.1. The van der Waals surface area contributed by atoms with Crippen LogP contribution < -0.4 is 16.1 Å². The molecule has 2 rings (SSSR count). The highest BCUT2D eigenvalue weighted by molar-refractivity contribution is 6.39. The molecule has 140 valence electrons. The van der Waals surface area contributed by atoms with Crippen molar-refractivity contribution in [1.29, 1.82) is 0 Å². The lowest BCUT2D eigenvalue weighted by molar-refractivity contribution is -0.136. The van der Waals surface area contributed by atoms with Gasteiger partial charge in [0.1, 0.15) is 0 Å². The van der Waals surface area contributed by atoms with Crippen molar-refractivity contribution >= 4 is 34.8 Å². The summed E-state index contributed by atoms with van der Waals surface area (Å²) in [7, 11) is 0. The molecule has 0 saturated heterocycles. The van der Waals surface area contributed by atoms with Crippen LogP contribution in [0.15, 0.2) is 53.9 Å². The average molecular weight is 367 g/mol. The maximum atomic E-state index is 11.9. The van der Waals surface area contributed by atoms with Crippen LogP contribution in [0.2, 0.25) is 0 Å². The van der Waals surface area contributed by atoms with Crippen molar-refractivity contribution in [2.75, 3.05) is 10.6 Å². The average Bonchev–Trinajstić information content (AvgIpc) is 2.67. The van der Waals surface area contributed by atoms with Crippen molar-refractivity contribution in [3.63, 3.8) is 0 Å². The number of anilines is 2. The summed E-state index contributed by atoms with van der Waals surface area (Å²) in [6.45, 7) is 3.60. The third-order valence-electron chi connectivity index (χ3n) is 3.54. The van der Waals surface area contributed by atoms with Gasteiger partial charge in [0.2, 0.25) is 5.91 Å². The van der Waals surface area contributed by atoms with E-state index in [4.69, 9.17) is 0 Å². The molecule has 3 N–H and O–H groups in total. The van der Waals surface area contributed by atoms with Gasteiger partial charge in [0.15, 0.2) is 0 Å². The van der Waals surface area contributed by atoms with E-state index >= 15 is 0 Å². The zero-order valence-electron chi connectivity index (χ0n) is 15.2. The number of pyridine rings is 1. The Morgan fingerprint density at radius 2 is 1.74 bits per heavy atom. The normalized spacial score (nSPS) is 10.8. The number of carbonyl (C=O) groups is 3. The van der Waals surface area contributed by atoms with E-state index < -0.39 is 11.8 Å². The first-order chi connectivity index (χ1) is 13.0. The number of hydrogen-bond acceptors (Lipinski definition) is 5. The number of nitrogens with zero attached hydrogens (tertiary/aromatic N) is 2. The minimum absolute atomic E-state index is 0.0325. The Kier molecular flexibility index (Phi) is 7.18.